The number of thiocarbonyl (C=S) groups is 1. The zero-order valence-corrected chi connectivity index (χ0v) is 16.8. The Balaban J connectivity index is 1.67. The van der Waals surface area contributed by atoms with E-state index in [-0.39, 0.29) is 5.97 Å². The maximum absolute atomic E-state index is 11.9. The second kappa shape index (κ2) is 8.67. The van der Waals surface area contributed by atoms with E-state index < -0.39 is 0 Å². The van der Waals surface area contributed by atoms with Gasteiger partial charge in [0.1, 0.15) is 0 Å². The van der Waals surface area contributed by atoms with Gasteiger partial charge in [-0.1, -0.05) is 30.3 Å². The molecule has 0 atom stereocenters. The van der Waals surface area contributed by atoms with E-state index in [2.05, 4.69) is 35.6 Å². The van der Waals surface area contributed by atoms with E-state index in [1.54, 1.807) is 16.9 Å². The lowest BCUT2D eigenvalue weighted by Crippen LogP contribution is -2.19. The third kappa shape index (κ3) is 4.55. The highest BCUT2D eigenvalue weighted by Crippen LogP contribution is 2.19. The molecular weight excluding hydrogens is 372 g/mol. The third-order valence-corrected chi connectivity index (χ3v) is 4.70. The number of hydrogen-bond acceptors (Lipinski definition) is 4. The van der Waals surface area contributed by atoms with Gasteiger partial charge in [0.15, 0.2) is 5.11 Å². The van der Waals surface area contributed by atoms with E-state index >= 15 is 0 Å². The normalized spacial score (nSPS) is 10.4. The average Bonchev–Trinajstić information content (AvgIpc) is 3.12. The van der Waals surface area contributed by atoms with E-state index in [0.29, 0.717) is 17.2 Å². The van der Waals surface area contributed by atoms with E-state index in [1.165, 1.54) is 12.7 Å². The van der Waals surface area contributed by atoms with Gasteiger partial charge in [0.25, 0.3) is 0 Å². The van der Waals surface area contributed by atoms with Crippen LogP contribution in [0.4, 0.5) is 11.4 Å². The Bertz CT molecular complexity index is 1010. The summed E-state index contributed by atoms with van der Waals surface area (Å²) in [4.78, 5) is 11.9. The van der Waals surface area contributed by atoms with Crippen molar-refractivity contribution in [2.75, 3.05) is 17.7 Å². The highest BCUT2D eigenvalue weighted by Gasteiger charge is 2.12. The summed E-state index contributed by atoms with van der Waals surface area (Å²) in [5, 5.41) is 11.2. The molecule has 0 amide bonds. The molecule has 0 spiro atoms. The molecule has 2 aromatic carbocycles. The van der Waals surface area contributed by atoms with Crippen LogP contribution in [0.3, 0.4) is 0 Å². The van der Waals surface area contributed by atoms with Crippen LogP contribution in [0.5, 0.6) is 0 Å². The summed E-state index contributed by atoms with van der Waals surface area (Å²) >= 11 is 5.41. The van der Waals surface area contributed by atoms with Crippen LogP contribution in [0.25, 0.3) is 0 Å². The van der Waals surface area contributed by atoms with Gasteiger partial charge in [-0.2, -0.15) is 5.10 Å². The molecule has 0 aliphatic heterocycles. The standard InChI is InChI=1S/C21H22N4O2S/c1-14-7-6-10-19(15(14)2)24-21(28)23-17-11-22-25(13-17)12-16-8-4-5-9-18(16)20(26)27-3/h4-11,13H,12H2,1-3H3,(H2,23,24,28). The fraction of sp³-hybridized carbons (Fsp3) is 0.190. The molecule has 0 radical (unpaired) electrons. The number of aryl methyl sites for hydroxylation is 1. The molecule has 6 nitrogen and oxygen atoms in total. The summed E-state index contributed by atoms with van der Waals surface area (Å²) < 4.78 is 6.58. The number of esters is 1. The molecule has 3 rings (SSSR count). The van der Waals surface area contributed by atoms with Gasteiger partial charge < -0.3 is 15.4 Å². The lowest BCUT2D eigenvalue weighted by atomic mass is 10.1. The molecule has 3 aromatic rings. The number of anilines is 2. The van der Waals surface area contributed by atoms with Gasteiger partial charge in [-0.05, 0) is 54.9 Å². The Labute approximate surface area is 169 Å². The molecule has 2 N–H and O–H groups in total. The highest BCUT2D eigenvalue weighted by molar-refractivity contribution is 7.80. The first-order valence-corrected chi connectivity index (χ1v) is 9.21. The number of hydrogen-bond donors (Lipinski definition) is 2. The lowest BCUT2D eigenvalue weighted by molar-refractivity contribution is 0.0599. The van der Waals surface area contributed by atoms with Crippen LogP contribution < -0.4 is 10.6 Å². The van der Waals surface area contributed by atoms with E-state index in [4.69, 9.17) is 17.0 Å². The maximum atomic E-state index is 11.9. The van der Waals surface area contributed by atoms with Crippen molar-refractivity contribution in [3.63, 3.8) is 0 Å². The van der Waals surface area contributed by atoms with Crippen molar-refractivity contribution in [2.24, 2.45) is 0 Å². The predicted molar refractivity (Wildman–Crippen MR) is 115 cm³/mol. The van der Waals surface area contributed by atoms with Gasteiger partial charge in [-0.15, -0.1) is 0 Å². The van der Waals surface area contributed by atoms with E-state index in [9.17, 15) is 4.79 Å². The number of carbonyl (C=O) groups excluding carboxylic acids is 1. The number of methoxy groups -OCH3 is 1. The predicted octanol–water partition coefficient (Wildman–Crippen LogP) is 4.14. The molecule has 0 aliphatic rings. The summed E-state index contributed by atoms with van der Waals surface area (Å²) in [5.41, 5.74) is 5.45. The quantitative estimate of drug-likeness (QED) is 0.501. The van der Waals surface area contributed by atoms with Crippen LogP contribution in [-0.4, -0.2) is 28.0 Å². The van der Waals surface area contributed by atoms with Crippen molar-refractivity contribution in [1.82, 2.24) is 9.78 Å². The fourth-order valence-corrected chi connectivity index (χ4v) is 3.06. The van der Waals surface area contributed by atoms with Crippen LogP contribution >= 0.6 is 12.2 Å². The molecule has 0 fully saturated rings. The van der Waals surface area contributed by atoms with Crippen LogP contribution in [0, 0.1) is 13.8 Å². The van der Waals surface area contributed by atoms with Crippen molar-refractivity contribution in [2.45, 2.75) is 20.4 Å². The second-order valence-electron chi connectivity index (χ2n) is 6.40. The van der Waals surface area contributed by atoms with Crippen LogP contribution in [0.15, 0.2) is 54.9 Å². The van der Waals surface area contributed by atoms with Crippen LogP contribution in [-0.2, 0) is 11.3 Å². The van der Waals surface area contributed by atoms with Crippen molar-refractivity contribution in [3.8, 4) is 0 Å². The molecule has 28 heavy (non-hydrogen) atoms. The van der Waals surface area contributed by atoms with Crippen molar-refractivity contribution < 1.29 is 9.53 Å². The monoisotopic (exact) mass is 394 g/mol. The number of rotatable bonds is 5. The third-order valence-electron chi connectivity index (χ3n) is 4.50. The zero-order chi connectivity index (χ0) is 20.1. The minimum absolute atomic E-state index is 0.361. The molecule has 1 aromatic heterocycles. The summed E-state index contributed by atoms with van der Waals surface area (Å²) in [5.74, 6) is -0.361. The first-order valence-electron chi connectivity index (χ1n) is 8.81. The molecule has 0 saturated heterocycles. The van der Waals surface area contributed by atoms with Crippen molar-refractivity contribution in [3.05, 3.63) is 77.1 Å². The number of carbonyl (C=O) groups is 1. The molecule has 0 unspecified atom stereocenters. The van der Waals surface area contributed by atoms with Gasteiger partial charge >= 0.3 is 5.97 Å². The summed E-state index contributed by atoms with van der Waals surface area (Å²) in [7, 11) is 1.37. The van der Waals surface area contributed by atoms with Gasteiger partial charge in [0, 0.05) is 11.9 Å². The average molecular weight is 395 g/mol. The Morgan fingerprint density at radius 1 is 1.14 bits per heavy atom. The number of ether oxygens (including phenoxy) is 1. The topological polar surface area (TPSA) is 68.2 Å². The van der Waals surface area contributed by atoms with Gasteiger partial charge in [-0.3, -0.25) is 4.68 Å². The zero-order valence-electron chi connectivity index (χ0n) is 16.0. The first kappa shape index (κ1) is 19.6. The van der Waals surface area contributed by atoms with E-state index in [0.717, 1.165) is 22.5 Å². The number of nitrogens with zero attached hydrogens (tertiary/aromatic N) is 2. The minimum atomic E-state index is -0.361. The fourth-order valence-electron chi connectivity index (χ4n) is 2.83. The van der Waals surface area contributed by atoms with Crippen molar-refractivity contribution in [1.29, 1.82) is 0 Å². The summed E-state index contributed by atoms with van der Waals surface area (Å²) in [6.45, 7) is 4.56. The van der Waals surface area contributed by atoms with Crippen LogP contribution in [0.1, 0.15) is 27.0 Å². The molecule has 144 valence electrons. The molecule has 0 bridgehead atoms. The Morgan fingerprint density at radius 3 is 2.71 bits per heavy atom. The summed E-state index contributed by atoms with van der Waals surface area (Å²) in [6.07, 6.45) is 3.53. The lowest BCUT2D eigenvalue weighted by Gasteiger charge is -2.12. The molecule has 0 saturated carbocycles. The smallest absolute Gasteiger partial charge is 0.338 e. The van der Waals surface area contributed by atoms with Gasteiger partial charge in [-0.25, -0.2) is 4.79 Å². The largest absolute Gasteiger partial charge is 0.465 e. The number of nitrogens with one attached hydrogen (secondary N) is 2. The molecule has 0 aliphatic carbocycles. The Hall–Kier alpha value is -3.19. The first-order chi connectivity index (χ1) is 13.5. The summed E-state index contributed by atoms with van der Waals surface area (Å²) in [6, 6.07) is 13.4. The van der Waals surface area contributed by atoms with Crippen molar-refractivity contribution >= 4 is 34.7 Å². The number of benzene rings is 2. The van der Waals surface area contributed by atoms with Crippen LogP contribution in [0.2, 0.25) is 0 Å². The highest BCUT2D eigenvalue weighted by atomic mass is 32.1. The molecule has 1 heterocycles. The molecule has 7 heteroatoms. The van der Waals surface area contributed by atoms with Gasteiger partial charge in [0.2, 0.25) is 0 Å². The molecular formula is C21H22N4O2S. The van der Waals surface area contributed by atoms with Gasteiger partial charge in [0.05, 0.1) is 31.1 Å². The maximum Gasteiger partial charge on any atom is 0.338 e. The second-order valence-corrected chi connectivity index (χ2v) is 6.81. The number of aromatic nitrogens is 2. The Kier molecular flexibility index (Phi) is 6.06. The SMILES string of the molecule is COC(=O)c1ccccc1Cn1cc(NC(=S)Nc2cccc(C)c2C)cn1. The minimum Gasteiger partial charge on any atom is -0.465 e. The van der Waals surface area contributed by atoms with E-state index in [1.807, 2.05) is 36.5 Å². The Morgan fingerprint density at radius 2 is 1.93 bits per heavy atom.